The van der Waals surface area contributed by atoms with Crippen LogP contribution in [0.3, 0.4) is 0 Å². The van der Waals surface area contributed by atoms with E-state index in [4.69, 9.17) is 4.52 Å². The SMILES string of the molecule is Cc1ccc(-c2noc(C)c2Cn2ncc(N3CCN(C4CC4)C(C)C3)cc2=O)cn1. The van der Waals surface area contributed by atoms with Crippen LogP contribution in [0, 0.1) is 13.8 Å². The smallest absolute Gasteiger partial charge is 0.269 e. The van der Waals surface area contributed by atoms with Gasteiger partial charge in [-0.2, -0.15) is 5.10 Å². The van der Waals surface area contributed by atoms with Crippen LogP contribution >= 0.6 is 0 Å². The molecule has 0 aromatic carbocycles. The fourth-order valence-corrected chi connectivity index (χ4v) is 4.43. The molecule has 0 N–H and O–H groups in total. The number of piperazine rings is 1. The zero-order valence-electron chi connectivity index (χ0n) is 18.3. The van der Waals surface area contributed by atoms with Crippen LogP contribution in [-0.4, -0.2) is 56.5 Å². The number of nitrogens with zero attached hydrogens (tertiary/aromatic N) is 6. The second-order valence-electron chi connectivity index (χ2n) is 8.73. The lowest BCUT2D eigenvalue weighted by molar-refractivity contribution is 0.180. The van der Waals surface area contributed by atoms with E-state index in [0.717, 1.165) is 48.2 Å². The van der Waals surface area contributed by atoms with E-state index >= 15 is 0 Å². The van der Waals surface area contributed by atoms with Gasteiger partial charge in [-0.05, 0) is 45.7 Å². The first-order valence-electron chi connectivity index (χ1n) is 11.0. The standard InChI is InChI=1S/C23H28N6O2/c1-15-4-5-18(11-24-15)23-21(17(3)31-26-23)14-29-22(30)10-20(12-25-29)27-8-9-28(16(2)13-27)19-6-7-19/h4-5,10-12,16,19H,6-9,13-14H2,1-3H3. The lowest BCUT2D eigenvalue weighted by atomic mass is 10.1. The molecule has 8 heteroatoms. The van der Waals surface area contributed by atoms with Crippen LogP contribution in [0.4, 0.5) is 5.69 Å². The van der Waals surface area contributed by atoms with Gasteiger partial charge in [0.25, 0.3) is 5.56 Å². The zero-order chi connectivity index (χ0) is 21.5. The zero-order valence-corrected chi connectivity index (χ0v) is 18.3. The molecule has 8 nitrogen and oxygen atoms in total. The van der Waals surface area contributed by atoms with Gasteiger partial charge in [0, 0.05) is 60.8 Å². The van der Waals surface area contributed by atoms with E-state index < -0.39 is 0 Å². The van der Waals surface area contributed by atoms with Gasteiger partial charge >= 0.3 is 0 Å². The van der Waals surface area contributed by atoms with Crippen molar-refractivity contribution in [1.82, 2.24) is 24.8 Å². The van der Waals surface area contributed by atoms with Gasteiger partial charge in [0.15, 0.2) is 0 Å². The lowest BCUT2D eigenvalue weighted by Gasteiger charge is -2.41. The highest BCUT2D eigenvalue weighted by Gasteiger charge is 2.35. The minimum Gasteiger partial charge on any atom is -0.367 e. The van der Waals surface area contributed by atoms with E-state index in [9.17, 15) is 4.79 Å². The molecule has 1 unspecified atom stereocenters. The van der Waals surface area contributed by atoms with Crippen molar-refractivity contribution in [2.24, 2.45) is 0 Å². The van der Waals surface area contributed by atoms with E-state index in [1.165, 1.54) is 17.5 Å². The number of pyridine rings is 1. The molecule has 1 aliphatic heterocycles. The van der Waals surface area contributed by atoms with Gasteiger partial charge in [-0.1, -0.05) is 5.16 Å². The number of aromatic nitrogens is 4. The topological polar surface area (TPSA) is 80.3 Å². The highest BCUT2D eigenvalue weighted by atomic mass is 16.5. The summed E-state index contributed by atoms with van der Waals surface area (Å²) in [6, 6.07) is 6.86. The van der Waals surface area contributed by atoms with Gasteiger partial charge < -0.3 is 9.42 Å². The summed E-state index contributed by atoms with van der Waals surface area (Å²) in [7, 11) is 0. The summed E-state index contributed by atoms with van der Waals surface area (Å²) in [5.41, 5.74) is 4.13. The van der Waals surface area contributed by atoms with E-state index in [1.807, 2.05) is 26.0 Å². The molecule has 31 heavy (non-hydrogen) atoms. The Hall–Kier alpha value is -3.00. The van der Waals surface area contributed by atoms with E-state index in [1.54, 1.807) is 18.5 Å². The van der Waals surface area contributed by atoms with Gasteiger partial charge in [-0.25, -0.2) is 4.68 Å². The molecule has 0 spiro atoms. The van der Waals surface area contributed by atoms with Gasteiger partial charge in [-0.3, -0.25) is 14.7 Å². The third-order valence-corrected chi connectivity index (χ3v) is 6.39. The molecule has 1 atom stereocenters. The lowest BCUT2D eigenvalue weighted by Crippen LogP contribution is -2.53. The van der Waals surface area contributed by atoms with Crippen molar-refractivity contribution in [3.8, 4) is 11.3 Å². The molecule has 0 bridgehead atoms. The highest BCUT2D eigenvalue weighted by Crippen LogP contribution is 2.31. The van der Waals surface area contributed by atoms with Crippen molar-refractivity contribution in [1.29, 1.82) is 0 Å². The number of rotatable bonds is 5. The summed E-state index contributed by atoms with van der Waals surface area (Å²) < 4.78 is 6.89. The Bertz CT molecular complexity index is 1130. The molecule has 0 radical (unpaired) electrons. The number of anilines is 1. The van der Waals surface area contributed by atoms with E-state index in [0.29, 0.717) is 24.0 Å². The first-order chi connectivity index (χ1) is 15.0. The second kappa shape index (κ2) is 7.92. The molecule has 162 valence electrons. The minimum atomic E-state index is -0.122. The molecule has 2 aliphatic rings. The van der Waals surface area contributed by atoms with Crippen molar-refractivity contribution in [3.63, 3.8) is 0 Å². The quantitative estimate of drug-likeness (QED) is 0.628. The van der Waals surface area contributed by atoms with Gasteiger partial charge in [0.05, 0.1) is 18.4 Å². The predicted molar refractivity (Wildman–Crippen MR) is 118 cm³/mol. The number of aryl methyl sites for hydroxylation is 2. The molecule has 3 aromatic rings. The van der Waals surface area contributed by atoms with E-state index in [2.05, 4.69) is 32.0 Å². The molecule has 3 aromatic heterocycles. The Morgan fingerprint density at radius 1 is 1.16 bits per heavy atom. The van der Waals surface area contributed by atoms with Crippen LogP contribution in [0.2, 0.25) is 0 Å². The number of hydrogen-bond acceptors (Lipinski definition) is 7. The fourth-order valence-electron chi connectivity index (χ4n) is 4.43. The van der Waals surface area contributed by atoms with Crippen LogP contribution in [0.15, 0.2) is 39.9 Å². The van der Waals surface area contributed by atoms with Gasteiger partial charge in [-0.15, -0.1) is 0 Å². The average molecular weight is 421 g/mol. The molecule has 1 aliphatic carbocycles. The molecule has 1 saturated carbocycles. The van der Waals surface area contributed by atoms with Crippen molar-refractivity contribution in [2.45, 2.75) is 52.2 Å². The summed E-state index contributed by atoms with van der Waals surface area (Å²) in [6.07, 6.45) is 6.23. The number of hydrogen-bond donors (Lipinski definition) is 0. The first kappa shape index (κ1) is 19.9. The van der Waals surface area contributed by atoms with Crippen molar-refractivity contribution in [3.05, 3.63) is 58.0 Å². The van der Waals surface area contributed by atoms with Crippen LogP contribution < -0.4 is 10.5 Å². The normalized spacial score (nSPS) is 19.7. The van der Waals surface area contributed by atoms with Crippen LogP contribution in [0.5, 0.6) is 0 Å². The maximum atomic E-state index is 12.9. The van der Waals surface area contributed by atoms with Crippen LogP contribution in [0.1, 0.15) is 36.8 Å². The largest absolute Gasteiger partial charge is 0.367 e. The molecular formula is C23H28N6O2. The average Bonchev–Trinajstić information content (AvgIpc) is 3.54. The molecule has 4 heterocycles. The van der Waals surface area contributed by atoms with Crippen molar-refractivity contribution in [2.75, 3.05) is 24.5 Å². The predicted octanol–water partition coefficient (Wildman–Crippen LogP) is 2.63. The maximum Gasteiger partial charge on any atom is 0.269 e. The Balaban J connectivity index is 1.35. The Labute approximate surface area is 181 Å². The van der Waals surface area contributed by atoms with Crippen molar-refractivity contribution < 1.29 is 4.52 Å². The second-order valence-corrected chi connectivity index (χ2v) is 8.73. The Kier molecular flexibility index (Phi) is 5.09. The highest BCUT2D eigenvalue weighted by molar-refractivity contribution is 5.62. The third-order valence-electron chi connectivity index (χ3n) is 6.39. The molecular weight excluding hydrogens is 392 g/mol. The molecule has 0 amide bonds. The monoisotopic (exact) mass is 420 g/mol. The summed E-state index contributed by atoms with van der Waals surface area (Å²) in [6.45, 7) is 9.28. The van der Waals surface area contributed by atoms with E-state index in [-0.39, 0.29) is 5.56 Å². The first-order valence-corrected chi connectivity index (χ1v) is 11.0. The summed E-state index contributed by atoms with van der Waals surface area (Å²) in [5.74, 6) is 0.679. The van der Waals surface area contributed by atoms with Gasteiger partial charge in [0.2, 0.25) is 0 Å². The molecule has 5 rings (SSSR count). The maximum absolute atomic E-state index is 12.9. The Morgan fingerprint density at radius 3 is 2.68 bits per heavy atom. The molecule has 1 saturated heterocycles. The summed E-state index contributed by atoms with van der Waals surface area (Å²) in [5, 5.41) is 8.67. The summed E-state index contributed by atoms with van der Waals surface area (Å²) >= 11 is 0. The van der Waals surface area contributed by atoms with Crippen molar-refractivity contribution >= 4 is 5.69 Å². The van der Waals surface area contributed by atoms with Crippen LogP contribution in [-0.2, 0) is 6.54 Å². The third kappa shape index (κ3) is 3.99. The minimum absolute atomic E-state index is 0.122. The molecule has 2 fully saturated rings. The summed E-state index contributed by atoms with van der Waals surface area (Å²) in [4.78, 5) is 22.1. The van der Waals surface area contributed by atoms with Crippen LogP contribution in [0.25, 0.3) is 11.3 Å². The Morgan fingerprint density at radius 2 is 2.00 bits per heavy atom. The van der Waals surface area contributed by atoms with Gasteiger partial charge in [0.1, 0.15) is 11.5 Å². The fraction of sp³-hybridized carbons (Fsp3) is 0.478.